The van der Waals surface area contributed by atoms with Crippen LogP contribution >= 0.6 is 0 Å². The first-order chi connectivity index (χ1) is 24.0. The van der Waals surface area contributed by atoms with Crippen molar-refractivity contribution in [2.75, 3.05) is 4.90 Å². The number of rotatable bonds is 6. The Morgan fingerprint density at radius 3 is 0.857 bits per heavy atom. The van der Waals surface area contributed by atoms with Gasteiger partial charge in [-0.05, 0) is 89.5 Å². The molecule has 4 nitrogen and oxygen atoms in total. The van der Waals surface area contributed by atoms with Crippen LogP contribution in [-0.4, -0.2) is 13.7 Å². The summed E-state index contributed by atoms with van der Waals surface area (Å²) in [5, 5.41) is 3.76. The number of para-hydroxylation sites is 3. The van der Waals surface area contributed by atoms with Crippen molar-refractivity contribution >= 4 is 49.8 Å². The molecule has 236 valence electrons. The number of aryl methyl sites for hydroxylation is 3. The smallest absolute Gasteiger partial charge is 0.0488 e. The first-order valence-electron chi connectivity index (χ1n) is 16.8. The van der Waals surface area contributed by atoms with Crippen molar-refractivity contribution in [1.82, 2.24) is 13.7 Å². The summed E-state index contributed by atoms with van der Waals surface area (Å²) in [7, 11) is 6.44. The van der Waals surface area contributed by atoms with E-state index in [1.807, 2.05) is 0 Å². The summed E-state index contributed by atoms with van der Waals surface area (Å²) in [5.74, 6) is 0. The number of aromatic nitrogens is 3. The Morgan fingerprint density at radius 1 is 0.327 bits per heavy atom. The monoisotopic (exact) mass is 632 g/mol. The Labute approximate surface area is 286 Å². The lowest BCUT2D eigenvalue weighted by Crippen LogP contribution is -2.10. The number of hydrogen-bond donors (Lipinski definition) is 0. The van der Waals surface area contributed by atoms with E-state index in [2.05, 4.69) is 204 Å². The molecule has 0 saturated carbocycles. The summed E-state index contributed by atoms with van der Waals surface area (Å²) in [6, 6.07) is 59.4. The van der Waals surface area contributed by atoms with Crippen LogP contribution < -0.4 is 4.90 Å². The van der Waals surface area contributed by atoms with Crippen LogP contribution in [0.25, 0.3) is 66.5 Å². The van der Waals surface area contributed by atoms with Gasteiger partial charge < -0.3 is 18.6 Å². The van der Waals surface area contributed by atoms with E-state index in [9.17, 15) is 0 Å². The maximum atomic E-state index is 2.35. The molecule has 3 aromatic heterocycles. The lowest BCUT2D eigenvalue weighted by molar-refractivity contribution is 0.978. The van der Waals surface area contributed by atoms with Crippen molar-refractivity contribution in [1.29, 1.82) is 0 Å². The second-order valence-electron chi connectivity index (χ2n) is 12.9. The second kappa shape index (κ2) is 11.5. The third kappa shape index (κ3) is 4.84. The predicted octanol–water partition coefficient (Wildman–Crippen LogP) is 11.6. The topological polar surface area (TPSA) is 18.0 Å². The van der Waals surface area contributed by atoms with E-state index in [1.165, 1.54) is 66.5 Å². The van der Waals surface area contributed by atoms with E-state index < -0.39 is 0 Å². The third-order valence-corrected chi connectivity index (χ3v) is 10.1. The SMILES string of the molecule is Cn1c(-c2ccc(N(c3ccc(-c4cc5ccccc5n4C)cc3)c3ccc(-c4cc5ccccc5n4C)cc3)cc2)cc2ccccc21. The van der Waals surface area contributed by atoms with E-state index >= 15 is 0 Å². The van der Waals surface area contributed by atoms with Crippen LogP contribution in [0.15, 0.2) is 164 Å². The van der Waals surface area contributed by atoms with Gasteiger partial charge in [-0.1, -0.05) is 91.0 Å². The molecule has 0 N–H and O–H groups in total. The fraction of sp³-hybridized carbons (Fsp3) is 0.0667. The zero-order chi connectivity index (χ0) is 33.1. The second-order valence-corrected chi connectivity index (χ2v) is 12.9. The van der Waals surface area contributed by atoms with Gasteiger partial charge in [-0.15, -0.1) is 0 Å². The number of benzene rings is 6. The van der Waals surface area contributed by atoms with Gasteiger partial charge in [-0.3, -0.25) is 0 Å². The summed E-state index contributed by atoms with van der Waals surface area (Å²) in [4.78, 5) is 2.35. The zero-order valence-electron chi connectivity index (χ0n) is 27.9. The van der Waals surface area contributed by atoms with Crippen molar-refractivity contribution in [2.24, 2.45) is 21.1 Å². The Morgan fingerprint density at radius 2 is 0.592 bits per heavy atom. The first-order valence-corrected chi connectivity index (χ1v) is 16.8. The van der Waals surface area contributed by atoms with Crippen molar-refractivity contribution in [3.8, 4) is 33.8 Å². The molecule has 9 rings (SSSR count). The molecule has 0 aliphatic rings. The average Bonchev–Trinajstić information content (AvgIpc) is 3.80. The van der Waals surface area contributed by atoms with Gasteiger partial charge in [0.15, 0.2) is 0 Å². The number of hydrogen-bond acceptors (Lipinski definition) is 1. The zero-order valence-corrected chi connectivity index (χ0v) is 27.9. The van der Waals surface area contributed by atoms with Gasteiger partial charge >= 0.3 is 0 Å². The first kappa shape index (κ1) is 28.9. The normalized spacial score (nSPS) is 11.6. The molecule has 0 amide bonds. The van der Waals surface area contributed by atoms with Crippen LogP contribution in [0.1, 0.15) is 0 Å². The summed E-state index contributed by atoms with van der Waals surface area (Å²) < 4.78 is 6.83. The highest BCUT2D eigenvalue weighted by Gasteiger charge is 2.16. The average molecular weight is 633 g/mol. The molecule has 0 bridgehead atoms. The predicted molar refractivity (Wildman–Crippen MR) is 207 cm³/mol. The molecule has 0 saturated heterocycles. The van der Waals surface area contributed by atoms with Crippen LogP contribution in [0.5, 0.6) is 0 Å². The molecule has 6 aromatic carbocycles. The minimum atomic E-state index is 1.11. The Bertz CT molecular complexity index is 2320. The molecule has 0 spiro atoms. The fourth-order valence-electron chi connectivity index (χ4n) is 7.49. The summed E-state index contributed by atoms with van der Waals surface area (Å²) in [6.45, 7) is 0. The largest absolute Gasteiger partial charge is 0.344 e. The van der Waals surface area contributed by atoms with E-state index in [0.29, 0.717) is 0 Å². The van der Waals surface area contributed by atoms with Crippen molar-refractivity contribution in [3.05, 3.63) is 164 Å². The molecule has 0 unspecified atom stereocenters. The van der Waals surface area contributed by atoms with Gasteiger partial charge in [0, 0.05) is 88.0 Å². The van der Waals surface area contributed by atoms with Crippen LogP contribution in [0.3, 0.4) is 0 Å². The Kier molecular flexibility index (Phi) is 6.77. The molecule has 0 atom stereocenters. The van der Waals surface area contributed by atoms with Crippen LogP contribution in [0.4, 0.5) is 17.1 Å². The summed E-state index contributed by atoms with van der Waals surface area (Å²) in [5.41, 5.74) is 14.2. The van der Waals surface area contributed by atoms with Gasteiger partial charge in [-0.2, -0.15) is 0 Å². The summed E-state index contributed by atoms with van der Waals surface area (Å²) >= 11 is 0. The lowest BCUT2D eigenvalue weighted by atomic mass is 10.1. The van der Waals surface area contributed by atoms with E-state index in [1.54, 1.807) is 0 Å². The van der Waals surface area contributed by atoms with Crippen molar-refractivity contribution in [2.45, 2.75) is 0 Å². The highest BCUT2D eigenvalue weighted by atomic mass is 15.1. The fourth-order valence-corrected chi connectivity index (χ4v) is 7.49. The molecule has 3 heterocycles. The van der Waals surface area contributed by atoms with Gasteiger partial charge in [0.2, 0.25) is 0 Å². The molecule has 9 aromatic rings. The van der Waals surface area contributed by atoms with Crippen LogP contribution in [0, 0.1) is 0 Å². The minimum absolute atomic E-state index is 1.11. The molecule has 49 heavy (non-hydrogen) atoms. The molecule has 4 heteroatoms. The highest BCUT2D eigenvalue weighted by Crippen LogP contribution is 2.39. The molecule has 0 aliphatic heterocycles. The molecule has 0 radical (unpaired) electrons. The Hall–Kier alpha value is -6.26. The molecular formula is C45H36N4. The Balaban J connectivity index is 1.11. The third-order valence-electron chi connectivity index (χ3n) is 10.1. The van der Waals surface area contributed by atoms with E-state index in [-0.39, 0.29) is 0 Å². The van der Waals surface area contributed by atoms with Crippen molar-refractivity contribution < 1.29 is 0 Å². The van der Waals surface area contributed by atoms with Gasteiger partial charge in [0.05, 0.1) is 0 Å². The van der Waals surface area contributed by atoms with Gasteiger partial charge in [-0.25, -0.2) is 0 Å². The standard InChI is InChI=1S/C45H36N4/c1-46-40-13-7-4-10-34(40)28-43(46)31-16-22-37(23-17-31)49(38-24-18-32(19-25-38)44-29-35-11-5-8-14-41(35)47(44)2)39-26-20-33(21-27-39)45-30-36-12-6-9-15-42(36)48(45)3/h4-30H,1-3H3. The maximum Gasteiger partial charge on any atom is 0.0488 e. The van der Waals surface area contributed by atoms with Gasteiger partial charge in [0.25, 0.3) is 0 Å². The number of fused-ring (bicyclic) bond motifs is 3. The maximum absolute atomic E-state index is 2.35. The van der Waals surface area contributed by atoms with Gasteiger partial charge in [0.1, 0.15) is 0 Å². The van der Waals surface area contributed by atoms with Crippen LogP contribution in [-0.2, 0) is 21.1 Å². The highest BCUT2D eigenvalue weighted by molar-refractivity contribution is 5.90. The van der Waals surface area contributed by atoms with E-state index in [4.69, 9.17) is 0 Å². The van der Waals surface area contributed by atoms with E-state index in [0.717, 1.165) is 17.1 Å². The number of anilines is 3. The molecular weight excluding hydrogens is 597 g/mol. The minimum Gasteiger partial charge on any atom is -0.344 e. The number of nitrogens with zero attached hydrogens (tertiary/aromatic N) is 4. The molecule has 0 aliphatic carbocycles. The quantitative estimate of drug-likeness (QED) is 0.178. The molecule has 0 fully saturated rings. The summed E-state index contributed by atoms with van der Waals surface area (Å²) in [6.07, 6.45) is 0. The lowest BCUT2D eigenvalue weighted by Gasteiger charge is -2.26. The van der Waals surface area contributed by atoms with Crippen molar-refractivity contribution in [3.63, 3.8) is 0 Å². The van der Waals surface area contributed by atoms with Crippen LogP contribution in [0.2, 0.25) is 0 Å².